The Bertz CT molecular complexity index is 386. The van der Waals surface area contributed by atoms with Crippen LogP contribution in [0.2, 0.25) is 0 Å². The van der Waals surface area contributed by atoms with E-state index in [0.29, 0.717) is 6.04 Å². The minimum atomic E-state index is 0.501. The highest BCUT2D eigenvalue weighted by molar-refractivity contribution is 5.37. The zero-order chi connectivity index (χ0) is 12.4. The Morgan fingerprint density at radius 3 is 2.47 bits per heavy atom. The van der Waals surface area contributed by atoms with E-state index < -0.39 is 0 Å². The van der Waals surface area contributed by atoms with Crippen molar-refractivity contribution >= 4 is 0 Å². The summed E-state index contributed by atoms with van der Waals surface area (Å²) in [6.07, 6.45) is 0. The summed E-state index contributed by atoms with van der Waals surface area (Å²) < 4.78 is 5.32. The predicted molar refractivity (Wildman–Crippen MR) is 70.5 cm³/mol. The lowest BCUT2D eigenvalue weighted by Gasteiger charge is -2.39. The minimum absolute atomic E-state index is 0.501. The SMILES string of the molecule is COc1ccc(C(C2CNC2)N(C)C)cc1C. The zero-order valence-electron chi connectivity index (χ0n) is 11.2. The van der Waals surface area contributed by atoms with Gasteiger partial charge in [0.2, 0.25) is 0 Å². The maximum atomic E-state index is 5.32. The van der Waals surface area contributed by atoms with E-state index in [4.69, 9.17) is 4.74 Å². The van der Waals surface area contributed by atoms with E-state index in [0.717, 1.165) is 24.8 Å². The molecule has 1 aromatic carbocycles. The number of hydrogen-bond acceptors (Lipinski definition) is 3. The van der Waals surface area contributed by atoms with E-state index in [9.17, 15) is 0 Å². The molecule has 0 aliphatic carbocycles. The zero-order valence-corrected chi connectivity index (χ0v) is 11.2. The van der Waals surface area contributed by atoms with Crippen molar-refractivity contribution in [2.24, 2.45) is 5.92 Å². The summed E-state index contributed by atoms with van der Waals surface area (Å²) >= 11 is 0. The smallest absolute Gasteiger partial charge is 0.121 e. The third kappa shape index (κ3) is 2.45. The molecular formula is C14H22N2O. The molecule has 0 bridgehead atoms. The first kappa shape index (κ1) is 12.4. The fraction of sp³-hybridized carbons (Fsp3) is 0.571. The average molecular weight is 234 g/mol. The molecule has 1 atom stereocenters. The molecule has 0 spiro atoms. The molecular weight excluding hydrogens is 212 g/mol. The van der Waals surface area contributed by atoms with Crippen LogP contribution in [0.25, 0.3) is 0 Å². The van der Waals surface area contributed by atoms with Gasteiger partial charge in [0.15, 0.2) is 0 Å². The van der Waals surface area contributed by atoms with E-state index in [1.807, 2.05) is 0 Å². The summed E-state index contributed by atoms with van der Waals surface area (Å²) in [4.78, 5) is 2.31. The summed E-state index contributed by atoms with van der Waals surface area (Å²) in [6, 6.07) is 7.02. The Kier molecular flexibility index (Phi) is 3.69. The van der Waals surface area contributed by atoms with Crippen LogP contribution in [0.1, 0.15) is 17.2 Å². The van der Waals surface area contributed by atoms with Crippen molar-refractivity contribution in [1.29, 1.82) is 0 Å². The first-order chi connectivity index (χ1) is 8.13. The summed E-state index contributed by atoms with van der Waals surface area (Å²) in [5.41, 5.74) is 2.60. The van der Waals surface area contributed by atoms with Crippen LogP contribution in [0.5, 0.6) is 5.75 Å². The maximum absolute atomic E-state index is 5.32. The third-order valence-corrected chi connectivity index (χ3v) is 3.58. The van der Waals surface area contributed by atoms with Gasteiger partial charge < -0.3 is 15.0 Å². The van der Waals surface area contributed by atoms with E-state index in [-0.39, 0.29) is 0 Å². The normalized spacial score (nSPS) is 17.9. The topological polar surface area (TPSA) is 24.5 Å². The quantitative estimate of drug-likeness (QED) is 0.860. The minimum Gasteiger partial charge on any atom is -0.496 e. The number of nitrogens with zero attached hydrogens (tertiary/aromatic N) is 1. The molecule has 1 saturated heterocycles. The maximum Gasteiger partial charge on any atom is 0.121 e. The lowest BCUT2D eigenvalue weighted by Crippen LogP contribution is -2.48. The van der Waals surface area contributed by atoms with Crippen molar-refractivity contribution in [2.75, 3.05) is 34.3 Å². The monoisotopic (exact) mass is 234 g/mol. The summed E-state index contributed by atoms with van der Waals surface area (Å²) in [5.74, 6) is 1.69. The fourth-order valence-corrected chi connectivity index (χ4v) is 2.61. The van der Waals surface area contributed by atoms with Gasteiger partial charge in [-0.3, -0.25) is 0 Å². The standard InChI is InChI=1S/C14H22N2O/c1-10-7-11(5-6-13(10)17-4)14(16(2)3)12-8-15-9-12/h5-7,12,14-15H,8-9H2,1-4H3. The Morgan fingerprint density at radius 2 is 2.06 bits per heavy atom. The molecule has 0 radical (unpaired) electrons. The molecule has 2 rings (SSSR count). The van der Waals surface area contributed by atoms with Crippen LogP contribution in [0.4, 0.5) is 0 Å². The van der Waals surface area contributed by atoms with Crippen molar-refractivity contribution in [2.45, 2.75) is 13.0 Å². The van der Waals surface area contributed by atoms with Crippen LogP contribution < -0.4 is 10.1 Å². The number of rotatable bonds is 4. The van der Waals surface area contributed by atoms with Crippen LogP contribution in [0, 0.1) is 12.8 Å². The second-order valence-corrected chi connectivity index (χ2v) is 5.06. The highest BCUT2D eigenvalue weighted by atomic mass is 16.5. The molecule has 1 fully saturated rings. The number of aryl methyl sites for hydroxylation is 1. The molecule has 1 aliphatic rings. The molecule has 1 heterocycles. The van der Waals surface area contributed by atoms with Gasteiger partial charge in [-0.2, -0.15) is 0 Å². The highest BCUT2D eigenvalue weighted by Gasteiger charge is 2.29. The summed E-state index contributed by atoms with van der Waals surface area (Å²) in [7, 11) is 6.03. The van der Waals surface area contributed by atoms with Gasteiger partial charge in [0.1, 0.15) is 5.75 Å². The molecule has 1 aromatic rings. The molecule has 94 valence electrons. The van der Waals surface area contributed by atoms with Gasteiger partial charge >= 0.3 is 0 Å². The van der Waals surface area contributed by atoms with Crippen molar-refractivity contribution in [3.8, 4) is 5.75 Å². The Balaban J connectivity index is 2.26. The van der Waals surface area contributed by atoms with Crippen LogP contribution >= 0.6 is 0 Å². The Morgan fingerprint density at radius 1 is 1.35 bits per heavy atom. The second kappa shape index (κ2) is 5.07. The molecule has 3 heteroatoms. The van der Waals surface area contributed by atoms with Crippen LogP contribution in [-0.2, 0) is 0 Å². The van der Waals surface area contributed by atoms with E-state index in [1.54, 1.807) is 7.11 Å². The number of ether oxygens (including phenoxy) is 1. The predicted octanol–water partition coefficient (Wildman–Crippen LogP) is 1.83. The first-order valence-electron chi connectivity index (χ1n) is 6.15. The number of hydrogen-bond donors (Lipinski definition) is 1. The number of nitrogens with one attached hydrogen (secondary N) is 1. The molecule has 0 amide bonds. The van der Waals surface area contributed by atoms with Gasteiger partial charge in [-0.1, -0.05) is 12.1 Å². The lowest BCUT2D eigenvalue weighted by molar-refractivity contribution is 0.161. The van der Waals surface area contributed by atoms with E-state index in [1.165, 1.54) is 11.1 Å². The summed E-state index contributed by atoms with van der Waals surface area (Å²) in [5, 5.41) is 3.35. The third-order valence-electron chi connectivity index (χ3n) is 3.58. The molecule has 17 heavy (non-hydrogen) atoms. The van der Waals surface area contributed by atoms with Crippen molar-refractivity contribution in [3.05, 3.63) is 29.3 Å². The van der Waals surface area contributed by atoms with Crippen LogP contribution in [-0.4, -0.2) is 39.2 Å². The molecule has 3 nitrogen and oxygen atoms in total. The molecule has 1 unspecified atom stereocenters. The number of methoxy groups -OCH3 is 1. The van der Waals surface area contributed by atoms with Gasteiger partial charge in [0, 0.05) is 25.0 Å². The molecule has 0 aromatic heterocycles. The molecule has 1 aliphatic heterocycles. The van der Waals surface area contributed by atoms with Gasteiger partial charge in [0.25, 0.3) is 0 Å². The lowest BCUT2D eigenvalue weighted by atomic mass is 9.87. The summed E-state index contributed by atoms with van der Waals surface area (Å²) in [6.45, 7) is 4.34. The van der Waals surface area contributed by atoms with Crippen molar-refractivity contribution in [3.63, 3.8) is 0 Å². The fourth-order valence-electron chi connectivity index (χ4n) is 2.61. The van der Waals surface area contributed by atoms with E-state index >= 15 is 0 Å². The van der Waals surface area contributed by atoms with Gasteiger partial charge in [-0.25, -0.2) is 0 Å². The molecule has 1 N–H and O–H groups in total. The van der Waals surface area contributed by atoms with Gasteiger partial charge in [0.05, 0.1) is 7.11 Å². The van der Waals surface area contributed by atoms with Crippen molar-refractivity contribution in [1.82, 2.24) is 10.2 Å². The van der Waals surface area contributed by atoms with Gasteiger partial charge in [-0.05, 0) is 38.2 Å². The second-order valence-electron chi connectivity index (χ2n) is 5.06. The first-order valence-corrected chi connectivity index (χ1v) is 6.15. The number of benzene rings is 1. The highest BCUT2D eigenvalue weighted by Crippen LogP contribution is 2.31. The Hall–Kier alpha value is -1.06. The van der Waals surface area contributed by atoms with Gasteiger partial charge in [-0.15, -0.1) is 0 Å². The molecule has 0 saturated carbocycles. The Labute approximate surface area is 104 Å². The van der Waals surface area contributed by atoms with Crippen LogP contribution in [0.15, 0.2) is 18.2 Å². The van der Waals surface area contributed by atoms with Crippen molar-refractivity contribution < 1.29 is 4.74 Å². The largest absolute Gasteiger partial charge is 0.496 e. The average Bonchev–Trinajstić information content (AvgIpc) is 2.22. The van der Waals surface area contributed by atoms with E-state index in [2.05, 4.69) is 49.4 Å². The van der Waals surface area contributed by atoms with Crippen LogP contribution in [0.3, 0.4) is 0 Å².